The summed E-state index contributed by atoms with van der Waals surface area (Å²) in [6.45, 7) is 0.337. The highest BCUT2D eigenvalue weighted by Gasteiger charge is 2.21. The van der Waals surface area contributed by atoms with E-state index in [-0.39, 0.29) is 4.90 Å². The second-order valence-corrected chi connectivity index (χ2v) is 6.87. The van der Waals surface area contributed by atoms with Gasteiger partial charge in [-0.15, -0.1) is 0 Å². The quantitative estimate of drug-likeness (QED) is 0.804. The van der Waals surface area contributed by atoms with Crippen molar-refractivity contribution in [3.8, 4) is 0 Å². The van der Waals surface area contributed by atoms with Crippen LogP contribution in [0.5, 0.6) is 0 Å². The van der Waals surface area contributed by atoms with Crippen LogP contribution < -0.4 is 0 Å². The molecule has 5 nitrogen and oxygen atoms in total. The summed E-state index contributed by atoms with van der Waals surface area (Å²) in [5, 5.41) is 0. The fourth-order valence-corrected chi connectivity index (χ4v) is 3.37. The minimum Gasteiger partial charge on any atom is -0.345 e. The summed E-state index contributed by atoms with van der Waals surface area (Å²) in [6.07, 6.45) is 1.55. The number of sulfonamides is 1. The molecule has 0 radical (unpaired) electrons. The first-order chi connectivity index (χ1) is 10.1. The average molecular weight is 301 g/mol. The van der Waals surface area contributed by atoms with Crippen molar-refractivity contribution in [1.29, 1.82) is 0 Å². The number of hydrogen-bond acceptors (Lipinski definition) is 3. The fraction of sp³-hybridized carbons (Fsp3) is 0.133. The SMILES string of the molecule is CN(Cc1ccccc1)S(=O)(=O)c1ccc2nc[nH]c2c1. The second kappa shape index (κ2) is 5.31. The molecule has 0 aliphatic rings. The number of nitrogens with zero attached hydrogens (tertiary/aromatic N) is 2. The molecule has 0 unspecified atom stereocenters. The molecule has 0 saturated heterocycles. The van der Waals surface area contributed by atoms with E-state index in [2.05, 4.69) is 9.97 Å². The first-order valence-electron chi connectivity index (χ1n) is 6.51. The van der Waals surface area contributed by atoms with Gasteiger partial charge in [0.1, 0.15) is 0 Å². The lowest BCUT2D eigenvalue weighted by Gasteiger charge is -2.17. The third-order valence-corrected chi connectivity index (χ3v) is 5.15. The van der Waals surface area contributed by atoms with Crippen molar-refractivity contribution in [2.24, 2.45) is 0 Å². The molecule has 3 aromatic rings. The maximum Gasteiger partial charge on any atom is 0.243 e. The van der Waals surface area contributed by atoms with Crippen LogP contribution >= 0.6 is 0 Å². The Bertz CT molecular complexity index is 857. The van der Waals surface area contributed by atoms with Crippen molar-refractivity contribution in [1.82, 2.24) is 14.3 Å². The summed E-state index contributed by atoms with van der Waals surface area (Å²) in [7, 11) is -1.94. The Labute approximate surface area is 123 Å². The van der Waals surface area contributed by atoms with Gasteiger partial charge < -0.3 is 4.98 Å². The van der Waals surface area contributed by atoms with E-state index in [0.717, 1.165) is 11.1 Å². The zero-order valence-electron chi connectivity index (χ0n) is 11.5. The summed E-state index contributed by atoms with van der Waals surface area (Å²) >= 11 is 0. The molecule has 0 bridgehead atoms. The molecule has 0 aliphatic heterocycles. The molecule has 108 valence electrons. The summed E-state index contributed by atoms with van der Waals surface area (Å²) < 4.78 is 26.5. The molecule has 0 fully saturated rings. The van der Waals surface area contributed by atoms with E-state index < -0.39 is 10.0 Å². The van der Waals surface area contributed by atoms with Gasteiger partial charge in [-0.3, -0.25) is 0 Å². The molecule has 3 rings (SSSR count). The molecular formula is C15H15N3O2S. The maximum atomic E-state index is 12.6. The van der Waals surface area contributed by atoms with Crippen LogP contribution in [0.25, 0.3) is 11.0 Å². The molecule has 0 amide bonds. The Morgan fingerprint density at radius 3 is 2.67 bits per heavy atom. The van der Waals surface area contributed by atoms with Gasteiger partial charge in [-0.2, -0.15) is 4.31 Å². The standard InChI is InChI=1S/C15H15N3O2S/c1-18(10-12-5-3-2-4-6-12)21(19,20)13-7-8-14-15(9-13)17-11-16-14/h2-9,11H,10H2,1H3,(H,16,17). The molecule has 0 spiro atoms. The number of rotatable bonds is 4. The predicted molar refractivity (Wildman–Crippen MR) is 81.2 cm³/mol. The van der Waals surface area contributed by atoms with Gasteiger partial charge in [-0.05, 0) is 23.8 Å². The van der Waals surface area contributed by atoms with Crippen LogP contribution in [0.15, 0.2) is 59.8 Å². The molecule has 1 N–H and O–H groups in total. The van der Waals surface area contributed by atoms with Gasteiger partial charge in [-0.1, -0.05) is 30.3 Å². The number of aromatic nitrogens is 2. The van der Waals surface area contributed by atoms with Crippen molar-refractivity contribution in [2.75, 3.05) is 7.05 Å². The first kappa shape index (κ1) is 13.8. The third kappa shape index (κ3) is 2.68. The van der Waals surface area contributed by atoms with E-state index in [9.17, 15) is 8.42 Å². The van der Waals surface area contributed by atoms with E-state index in [1.165, 1.54) is 4.31 Å². The molecule has 1 heterocycles. The topological polar surface area (TPSA) is 66.1 Å². The second-order valence-electron chi connectivity index (χ2n) is 4.83. The lowest BCUT2D eigenvalue weighted by Crippen LogP contribution is -2.26. The minimum atomic E-state index is -3.52. The Kier molecular flexibility index (Phi) is 3.48. The highest BCUT2D eigenvalue weighted by atomic mass is 32.2. The largest absolute Gasteiger partial charge is 0.345 e. The molecule has 1 aromatic heterocycles. The first-order valence-corrected chi connectivity index (χ1v) is 7.95. The molecular weight excluding hydrogens is 286 g/mol. The molecule has 0 aliphatic carbocycles. The van der Waals surface area contributed by atoms with Gasteiger partial charge in [0.05, 0.1) is 22.3 Å². The number of fused-ring (bicyclic) bond motifs is 1. The molecule has 0 saturated carbocycles. The summed E-state index contributed by atoms with van der Waals surface area (Å²) in [5.41, 5.74) is 2.41. The van der Waals surface area contributed by atoms with E-state index in [0.29, 0.717) is 12.1 Å². The number of hydrogen-bond donors (Lipinski definition) is 1. The van der Waals surface area contributed by atoms with E-state index in [4.69, 9.17) is 0 Å². The van der Waals surface area contributed by atoms with Crippen LogP contribution in [-0.2, 0) is 16.6 Å². The van der Waals surface area contributed by atoms with Crippen LogP contribution in [0.4, 0.5) is 0 Å². The Morgan fingerprint density at radius 2 is 1.90 bits per heavy atom. The number of imidazole rings is 1. The van der Waals surface area contributed by atoms with E-state index >= 15 is 0 Å². The lowest BCUT2D eigenvalue weighted by atomic mass is 10.2. The van der Waals surface area contributed by atoms with Gasteiger partial charge in [0.25, 0.3) is 0 Å². The van der Waals surface area contributed by atoms with Crippen molar-refractivity contribution < 1.29 is 8.42 Å². The van der Waals surface area contributed by atoms with Crippen molar-refractivity contribution in [3.63, 3.8) is 0 Å². The summed E-state index contributed by atoms with van der Waals surface area (Å²) in [4.78, 5) is 7.28. The molecule has 21 heavy (non-hydrogen) atoms. The monoisotopic (exact) mass is 301 g/mol. The highest BCUT2D eigenvalue weighted by molar-refractivity contribution is 7.89. The van der Waals surface area contributed by atoms with Gasteiger partial charge in [0, 0.05) is 13.6 Å². The third-order valence-electron chi connectivity index (χ3n) is 3.35. The van der Waals surface area contributed by atoms with Crippen LogP contribution in [0, 0.1) is 0 Å². The minimum absolute atomic E-state index is 0.262. The van der Waals surface area contributed by atoms with Gasteiger partial charge in [0.2, 0.25) is 10.0 Å². The zero-order valence-corrected chi connectivity index (χ0v) is 12.3. The zero-order chi connectivity index (χ0) is 14.9. The van der Waals surface area contributed by atoms with Crippen LogP contribution in [0.3, 0.4) is 0 Å². The maximum absolute atomic E-state index is 12.6. The Morgan fingerprint density at radius 1 is 1.14 bits per heavy atom. The van der Waals surface area contributed by atoms with Crippen LogP contribution in [0.1, 0.15) is 5.56 Å². The number of aromatic amines is 1. The van der Waals surface area contributed by atoms with Gasteiger partial charge in [0.15, 0.2) is 0 Å². The lowest BCUT2D eigenvalue weighted by molar-refractivity contribution is 0.467. The molecule has 2 aromatic carbocycles. The van der Waals surface area contributed by atoms with Gasteiger partial charge in [-0.25, -0.2) is 13.4 Å². The van der Waals surface area contributed by atoms with Crippen LogP contribution in [0.2, 0.25) is 0 Å². The number of H-pyrrole nitrogens is 1. The Hall–Kier alpha value is -2.18. The number of benzene rings is 2. The van der Waals surface area contributed by atoms with Crippen LogP contribution in [-0.4, -0.2) is 29.7 Å². The molecule has 6 heteroatoms. The van der Waals surface area contributed by atoms with E-state index in [1.54, 1.807) is 31.6 Å². The van der Waals surface area contributed by atoms with Crippen molar-refractivity contribution >= 4 is 21.1 Å². The molecule has 0 atom stereocenters. The van der Waals surface area contributed by atoms with Crippen molar-refractivity contribution in [2.45, 2.75) is 11.4 Å². The Balaban J connectivity index is 1.91. The highest BCUT2D eigenvalue weighted by Crippen LogP contribution is 2.20. The smallest absolute Gasteiger partial charge is 0.243 e. The predicted octanol–water partition coefficient (Wildman–Crippen LogP) is 2.38. The van der Waals surface area contributed by atoms with Crippen molar-refractivity contribution in [3.05, 3.63) is 60.4 Å². The number of nitrogens with one attached hydrogen (secondary N) is 1. The normalized spacial score (nSPS) is 12.1. The summed E-state index contributed by atoms with van der Waals surface area (Å²) in [6, 6.07) is 14.4. The average Bonchev–Trinajstić information content (AvgIpc) is 2.95. The van der Waals surface area contributed by atoms with Gasteiger partial charge >= 0.3 is 0 Å². The van der Waals surface area contributed by atoms with E-state index in [1.807, 2.05) is 30.3 Å². The fourth-order valence-electron chi connectivity index (χ4n) is 2.18. The summed E-state index contributed by atoms with van der Waals surface area (Å²) in [5.74, 6) is 0.